The second kappa shape index (κ2) is 8.29. The predicted octanol–water partition coefficient (Wildman–Crippen LogP) is 3.01. The lowest BCUT2D eigenvalue weighted by molar-refractivity contribution is -0.137. The highest BCUT2D eigenvalue weighted by molar-refractivity contribution is 6.02. The second-order valence-corrected chi connectivity index (χ2v) is 7.43. The number of hydrogen-bond donors (Lipinski definition) is 4. The molecule has 1 unspecified atom stereocenters. The van der Waals surface area contributed by atoms with Crippen molar-refractivity contribution in [1.82, 2.24) is 16.2 Å². The van der Waals surface area contributed by atoms with Crippen LogP contribution >= 0.6 is 0 Å². The molecule has 0 radical (unpaired) electrons. The van der Waals surface area contributed by atoms with Crippen LogP contribution in [0.4, 0.5) is 24.5 Å². The van der Waals surface area contributed by atoms with Gasteiger partial charge >= 0.3 is 6.18 Å². The average Bonchev–Trinajstić information content (AvgIpc) is 3.05. The van der Waals surface area contributed by atoms with Gasteiger partial charge in [-0.25, -0.2) is 0 Å². The van der Waals surface area contributed by atoms with E-state index in [2.05, 4.69) is 21.5 Å². The zero-order chi connectivity index (χ0) is 22.8. The molecule has 1 aliphatic heterocycles. The van der Waals surface area contributed by atoms with E-state index in [4.69, 9.17) is 0 Å². The first-order chi connectivity index (χ1) is 14.5. The molecule has 31 heavy (non-hydrogen) atoms. The molecular formula is C21H21F3N4O3. The van der Waals surface area contributed by atoms with Gasteiger partial charge in [0.1, 0.15) is 0 Å². The molecule has 0 aromatic heterocycles. The summed E-state index contributed by atoms with van der Waals surface area (Å²) in [5.41, 5.74) is 4.20. The number of hydrazine groups is 1. The van der Waals surface area contributed by atoms with E-state index in [1.807, 2.05) is 0 Å². The SMILES string of the molecule is CC(=O)NNC(=O)c1cc(C2(C)CCNC2=O)ccc1Nc1ccc(C(F)(F)F)cc1. The molecule has 0 saturated carbocycles. The van der Waals surface area contributed by atoms with Crippen molar-refractivity contribution in [3.8, 4) is 0 Å². The molecule has 3 rings (SSSR count). The zero-order valence-electron chi connectivity index (χ0n) is 16.8. The number of carbonyl (C=O) groups excluding carboxylic acids is 3. The van der Waals surface area contributed by atoms with Crippen molar-refractivity contribution < 1.29 is 27.6 Å². The van der Waals surface area contributed by atoms with Crippen LogP contribution < -0.4 is 21.5 Å². The van der Waals surface area contributed by atoms with Crippen LogP contribution in [-0.4, -0.2) is 24.3 Å². The summed E-state index contributed by atoms with van der Waals surface area (Å²) in [5, 5.41) is 5.69. The van der Waals surface area contributed by atoms with Crippen LogP contribution in [0.5, 0.6) is 0 Å². The van der Waals surface area contributed by atoms with Crippen molar-refractivity contribution in [2.75, 3.05) is 11.9 Å². The standard InChI is InChI=1S/C21H21F3N4O3/c1-12(29)27-28-18(30)16-11-14(20(2)9-10-25-19(20)31)5-8-17(16)26-15-6-3-13(4-7-15)21(22,23)24/h3-8,11,26H,9-10H2,1-2H3,(H,25,31)(H,27,29)(H,28,30). The Bertz CT molecular complexity index is 1020. The second-order valence-electron chi connectivity index (χ2n) is 7.43. The minimum atomic E-state index is -4.46. The summed E-state index contributed by atoms with van der Waals surface area (Å²) in [4.78, 5) is 36.1. The molecule has 1 atom stereocenters. The fourth-order valence-electron chi connectivity index (χ4n) is 3.30. The topological polar surface area (TPSA) is 99.3 Å². The van der Waals surface area contributed by atoms with Crippen molar-refractivity contribution in [2.45, 2.75) is 31.9 Å². The van der Waals surface area contributed by atoms with Crippen molar-refractivity contribution in [1.29, 1.82) is 0 Å². The molecule has 7 nitrogen and oxygen atoms in total. The molecule has 1 fully saturated rings. The molecular weight excluding hydrogens is 413 g/mol. The van der Waals surface area contributed by atoms with E-state index < -0.39 is 29.0 Å². The Hall–Kier alpha value is -3.56. The molecule has 4 N–H and O–H groups in total. The van der Waals surface area contributed by atoms with Gasteiger partial charge in [-0.3, -0.25) is 25.2 Å². The Morgan fingerprint density at radius 1 is 1.06 bits per heavy atom. The minimum absolute atomic E-state index is 0.118. The average molecular weight is 434 g/mol. The summed E-state index contributed by atoms with van der Waals surface area (Å²) < 4.78 is 38.4. The third kappa shape index (κ3) is 4.79. The number of amides is 3. The zero-order valence-corrected chi connectivity index (χ0v) is 16.8. The van der Waals surface area contributed by atoms with E-state index in [1.54, 1.807) is 19.1 Å². The van der Waals surface area contributed by atoms with Gasteiger partial charge < -0.3 is 10.6 Å². The molecule has 0 bridgehead atoms. The van der Waals surface area contributed by atoms with Gasteiger partial charge in [-0.2, -0.15) is 13.2 Å². The Morgan fingerprint density at radius 2 is 1.74 bits per heavy atom. The number of anilines is 2. The Labute approximate surface area is 176 Å². The first kappa shape index (κ1) is 22.1. The van der Waals surface area contributed by atoms with Crippen LogP contribution in [0.3, 0.4) is 0 Å². The van der Waals surface area contributed by atoms with Crippen LogP contribution in [0.1, 0.15) is 41.8 Å². The van der Waals surface area contributed by atoms with Gasteiger partial charge in [-0.1, -0.05) is 6.07 Å². The Morgan fingerprint density at radius 3 is 2.29 bits per heavy atom. The highest BCUT2D eigenvalue weighted by atomic mass is 19.4. The number of hydrogen-bond acceptors (Lipinski definition) is 4. The number of rotatable bonds is 4. The molecule has 1 heterocycles. The first-order valence-electron chi connectivity index (χ1n) is 9.45. The van der Waals surface area contributed by atoms with Gasteiger partial charge in [-0.15, -0.1) is 0 Å². The number of benzene rings is 2. The largest absolute Gasteiger partial charge is 0.416 e. The van der Waals surface area contributed by atoms with E-state index in [0.29, 0.717) is 29.9 Å². The van der Waals surface area contributed by atoms with Crippen molar-refractivity contribution >= 4 is 29.1 Å². The normalized spacial score (nSPS) is 18.3. The summed E-state index contributed by atoms with van der Waals surface area (Å²) in [7, 11) is 0. The monoisotopic (exact) mass is 434 g/mol. The summed E-state index contributed by atoms with van der Waals surface area (Å²) in [6, 6.07) is 9.15. The molecule has 164 valence electrons. The quantitative estimate of drug-likeness (QED) is 0.556. The van der Waals surface area contributed by atoms with Crippen LogP contribution in [0.15, 0.2) is 42.5 Å². The molecule has 2 aromatic rings. The van der Waals surface area contributed by atoms with E-state index in [-0.39, 0.29) is 11.5 Å². The summed E-state index contributed by atoms with van der Waals surface area (Å²) in [5.74, 6) is -1.29. The number of alkyl halides is 3. The third-order valence-electron chi connectivity index (χ3n) is 5.16. The third-order valence-corrected chi connectivity index (χ3v) is 5.16. The van der Waals surface area contributed by atoms with E-state index in [0.717, 1.165) is 12.1 Å². The van der Waals surface area contributed by atoms with Gasteiger partial charge in [0.05, 0.1) is 22.2 Å². The van der Waals surface area contributed by atoms with Crippen LogP contribution in [0, 0.1) is 0 Å². The molecule has 10 heteroatoms. The maximum absolute atomic E-state index is 12.8. The number of halogens is 3. The summed E-state index contributed by atoms with van der Waals surface area (Å²) in [6.07, 6.45) is -3.91. The van der Waals surface area contributed by atoms with Gasteiger partial charge in [0.15, 0.2) is 0 Å². The van der Waals surface area contributed by atoms with Crippen LogP contribution in [0.2, 0.25) is 0 Å². The molecule has 0 spiro atoms. The summed E-state index contributed by atoms with van der Waals surface area (Å²) in [6.45, 7) is 3.50. The molecule has 1 saturated heterocycles. The molecule has 3 amide bonds. The maximum atomic E-state index is 12.8. The van der Waals surface area contributed by atoms with Crippen LogP contribution in [-0.2, 0) is 21.2 Å². The van der Waals surface area contributed by atoms with Crippen molar-refractivity contribution in [2.24, 2.45) is 0 Å². The van der Waals surface area contributed by atoms with Gasteiger partial charge in [0.25, 0.3) is 5.91 Å². The van der Waals surface area contributed by atoms with Crippen molar-refractivity contribution in [3.63, 3.8) is 0 Å². The maximum Gasteiger partial charge on any atom is 0.416 e. The fraction of sp³-hybridized carbons (Fsp3) is 0.286. The first-order valence-corrected chi connectivity index (χ1v) is 9.45. The van der Waals surface area contributed by atoms with Crippen LogP contribution in [0.25, 0.3) is 0 Å². The lowest BCUT2D eigenvalue weighted by Gasteiger charge is -2.23. The van der Waals surface area contributed by atoms with E-state index in [9.17, 15) is 27.6 Å². The highest BCUT2D eigenvalue weighted by Crippen LogP contribution is 2.35. The van der Waals surface area contributed by atoms with E-state index in [1.165, 1.54) is 25.1 Å². The Balaban J connectivity index is 1.95. The number of carbonyl (C=O) groups is 3. The molecule has 1 aliphatic rings. The predicted molar refractivity (Wildman–Crippen MR) is 107 cm³/mol. The highest BCUT2D eigenvalue weighted by Gasteiger charge is 2.39. The minimum Gasteiger partial charge on any atom is -0.355 e. The van der Waals surface area contributed by atoms with Gasteiger partial charge in [0, 0.05) is 19.2 Å². The molecule has 2 aromatic carbocycles. The van der Waals surface area contributed by atoms with Gasteiger partial charge in [-0.05, 0) is 55.3 Å². The lowest BCUT2D eigenvalue weighted by Crippen LogP contribution is -2.40. The molecule has 0 aliphatic carbocycles. The smallest absolute Gasteiger partial charge is 0.355 e. The summed E-state index contributed by atoms with van der Waals surface area (Å²) >= 11 is 0. The number of nitrogens with one attached hydrogen (secondary N) is 4. The van der Waals surface area contributed by atoms with Crippen molar-refractivity contribution in [3.05, 3.63) is 59.2 Å². The fourth-order valence-corrected chi connectivity index (χ4v) is 3.30. The van der Waals surface area contributed by atoms with E-state index >= 15 is 0 Å². The van der Waals surface area contributed by atoms with Gasteiger partial charge in [0.2, 0.25) is 11.8 Å². The lowest BCUT2D eigenvalue weighted by atomic mass is 9.80. The Kier molecular flexibility index (Phi) is 5.92.